The van der Waals surface area contributed by atoms with Gasteiger partial charge in [0.05, 0.1) is 16.3 Å². The van der Waals surface area contributed by atoms with Gasteiger partial charge in [0.2, 0.25) is 0 Å². The molecular weight excluding hydrogens is 416 g/mol. The summed E-state index contributed by atoms with van der Waals surface area (Å²) in [5.41, 5.74) is 4.80. The highest BCUT2D eigenvalue weighted by Crippen LogP contribution is 2.28. The highest BCUT2D eigenvalue weighted by atomic mass is 32.1. The van der Waals surface area contributed by atoms with E-state index in [2.05, 4.69) is 15.4 Å². The van der Waals surface area contributed by atoms with E-state index in [9.17, 15) is 4.79 Å². The Labute approximate surface area is 183 Å². The Hall–Kier alpha value is -2.97. The number of amides is 1. The fourth-order valence-electron chi connectivity index (χ4n) is 2.99. The van der Waals surface area contributed by atoms with Crippen LogP contribution in [0.1, 0.15) is 33.4 Å². The predicted octanol–water partition coefficient (Wildman–Crippen LogP) is 5.54. The average molecular weight is 439 g/mol. The molecule has 0 radical (unpaired) electrons. The van der Waals surface area contributed by atoms with Crippen LogP contribution >= 0.6 is 22.7 Å². The standard InChI is InChI=1S/C22H22N4O2S2/c1-4-26-10-17(15(3)25-26)18-13-30-22(23-18)24-21(27)20-9-16(12-29-20)11-28-19-8-6-5-7-14(19)2/h5-10,12-13H,4,11H2,1-3H3,(H,23,24,27). The number of nitrogens with zero attached hydrogens (tertiary/aromatic N) is 3. The SMILES string of the molecule is CCn1cc(-c2csc(NC(=O)c3cc(COc4ccccc4C)cs3)n2)c(C)n1. The van der Waals surface area contributed by atoms with Gasteiger partial charge in [-0.15, -0.1) is 22.7 Å². The van der Waals surface area contributed by atoms with Crippen molar-refractivity contribution < 1.29 is 9.53 Å². The summed E-state index contributed by atoms with van der Waals surface area (Å²) >= 11 is 2.81. The van der Waals surface area contributed by atoms with Gasteiger partial charge >= 0.3 is 0 Å². The van der Waals surface area contributed by atoms with Crippen molar-refractivity contribution in [2.45, 2.75) is 33.9 Å². The molecule has 1 aromatic carbocycles. The first kappa shape index (κ1) is 20.3. The zero-order valence-electron chi connectivity index (χ0n) is 17.0. The van der Waals surface area contributed by atoms with Gasteiger partial charge in [0.25, 0.3) is 5.91 Å². The Bertz CT molecular complexity index is 1180. The Kier molecular flexibility index (Phi) is 5.96. The molecule has 0 unspecified atom stereocenters. The van der Waals surface area contributed by atoms with E-state index in [1.54, 1.807) is 0 Å². The summed E-state index contributed by atoms with van der Waals surface area (Å²) in [5, 5.41) is 11.8. The number of thiazole rings is 1. The third-order valence-electron chi connectivity index (χ3n) is 4.64. The molecule has 0 aliphatic rings. The molecule has 8 heteroatoms. The summed E-state index contributed by atoms with van der Waals surface area (Å²) in [7, 11) is 0. The molecule has 1 amide bonds. The van der Waals surface area contributed by atoms with Crippen molar-refractivity contribution in [3.05, 3.63) is 69.0 Å². The summed E-state index contributed by atoms with van der Waals surface area (Å²) in [4.78, 5) is 17.8. The van der Waals surface area contributed by atoms with Gasteiger partial charge in [0.1, 0.15) is 12.4 Å². The van der Waals surface area contributed by atoms with Gasteiger partial charge < -0.3 is 4.74 Å². The fourth-order valence-corrected chi connectivity index (χ4v) is 4.49. The molecule has 154 valence electrons. The summed E-state index contributed by atoms with van der Waals surface area (Å²) in [6, 6.07) is 9.75. The van der Waals surface area contributed by atoms with Gasteiger partial charge in [-0.25, -0.2) is 4.98 Å². The van der Waals surface area contributed by atoms with E-state index in [1.165, 1.54) is 22.7 Å². The van der Waals surface area contributed by atoms with Crippen molar-refractivity contribution in [1.29, 1.82) is 0 Å². The molecule has 1 N–H and O–H groups in total. The molecule has 0 aliphatic carbocycles. The Morgan fingerprint density at radius 1 is 1.20 bits per heavy atom. The number of hydrogen-bond acceptors (Lipinski definition) is 6. The van der Waals surface area contributed by atoms with E-state index >= 15 is 0 Å². The number of carbonyl (C=O) groups is 1. The van der Waals surface area contributed by atoms with Crippen molar-refractivity contribution in [2.24, 2.45) is 0 Å². The number of ether oxygens (including phenoxy) is 1. The highest BCUT2D eigenvalue weighted by molar-refractivity contribution is 7.14. The number of nitrogens with one attached hydrogen (secondary N) is 1. The van der Waals surface area contributed by atoms with Crippen LogP contribution in [0.5, 0.6) is 5.75 Å². The van der Waals surface area contributed by atoms with Crippen LogP contribution in [-0.2, 0) is 13.2 Å². The molecule has 4 rings (SSSR count). The highest BCUT2D eigenvalue weighted by Gasteiger charge is 2.15. The molecule has 0 atom stereocenters. The molecule has 0 spiro atoms. The molecule has 0 saturated carbocycles. The zero-order valence-corrected chi connectivity index (χ0v) is 18.6. The lowest BCUT2D eigenvalue weighted by Gasteiger charge is -2.07. The minimum Gasteiger partial charge on any atom is -0.489 e. The molecule has 0 saturated heterocycles. The topological polar surface area (TPSA) is 69.0 Å². The molecule has 0 bridgehead atoms. The smallest absolute Gasteiger partial charge is 0.267 e. The number of para-hydroxylation sites is 1. The molecule has 3 heterocycles. The molecule has 0 aliphatic heterocycles. The summed E-state index contributed by atoms with van der Waals surface area (Å²) in [6.45, 7) is 7.26. The quantitative estimate of drug-likeness (QED) is 0.411. The molecule has 30 heavy (non-hydrogen) atoms. The van der Waals surface area contributed by atoms with Gasteiger partial charge in [-0.1, -0.05) is 18.2 Å². The van der Waals surface area contributed by atoms with E-state index in [1.807, 2.05) is 72.7 Å². The van der Waals surface area contributed by atoms with E-state index < -0.39 is 0 Å². The van der Waals surface area contributed by atoms with E-state index in [4.69, 9.17) is 4.74 Å². The molecule has 3 aromatic heterocycles. The van der Waals surface area contributed by atoms with E-state index in [0.717, 1.165) is 40.4 Å². The summed E-state index contributed by atoms with van der Waals surface area (Å²) < 4.78 is 7.75. The van der Waals surface area contributed by atoms with Gasteiger partial charge in [0.15, 0.2) is 5.13 Å². The van der Waals surface area contributed by atoms with Crippen LogP contribution in [0.15, 0.2) is 47.3 Å². The summed E-state index contributed by atoms with van der Waals surface area (Å²) in [6.07, 6.45) is 1.98. The fraction of sp³-hybridized carbons (Fsp3) is 0.227. The lowest BCUT2D eigenvalue weighted by atomic mass is 10.2. The van der Waals surface area contributed by atoms with Crippen molar-refractivity contribution in [1.82, 2.24) is 14.8 Å². The first-order chi connectivity index (χ1) is 14.5. The maximum absolute atomic E-state index is 12.6. The van der Waals surface area contributed by atoms with Crippen LogP contribution in [0.4, 0.5) is 5.13 Å². The lowest BCUT2D eigenvalue weighted by Crippen LogP contribution is -2.09. The van der Waals surface area contributed by atoms with Crippen molar-refractivity contribution in [3.8, 4) is 17.0 Å². The van der Waals surface area contributed by atoms with Crippen LogP contribution < -0.4 is 10.1 Å². The van der Waals surface area contributed by atoms with Gasteiger partial charge in [-0.05, 0) is 43.8 Å². The summed E-state index contributed by atoms with van der Waals surface area (Å²) in [5.74, 6) is 0.690. The second kappa shape index (κ2) is 8.81. The van der Waals surface area contributed by atoms with Crippen molar-refractivity contribution in [3.63, 3.8) is 0 Å². The molecule has 6 nitrogen and oxygen atoms in total. The van der Waals surface area contributed by atoms with Gasteiger partial charge in [0, 0.05) is 29.2 Å². The van der Waals surface area contributed by atoms with Crippen LogP contribution in [0.25, 0.3) is 11.3 Å². The first-order valence-corrected chi connectivity index (χ1v) is 11.4. The monoisotopic (exact) mass is 438 g/mol. The van der Waals surface area contributed by atoms with Crippen LogP contribution in [0.2, 0.25) is 0 Å². The van der Waals surface area contributed by atoms with Crippen LogP contribution in [-0.4, -0.2) is 20.7 Å². The number of anilines is 1. The second-order valence-electron chi connectivity index (χ2n) is 6.85. The minimum atomic E-state index is -0.163. The number of hydrogen-bond donors (Lipinski definition) is 1. The Morgan fingerprint density at radius 2 is 2.03 bits per heavy atom. The number of aromatic nitrogens is 3. The number of carbonyl (C=O) groups excluding carboxylic acids is 1. The van der Waals surface area contributed by atoms with Gasteiger partial charge in [-0.2, -0.15) is 5.10 Å². The lowest BCUT2D eigenvalue weighted by molar-refractivity contribution is 0.103. The molecule has 0 fully saturated rings. The Morgan fingerprint density at radius 3 is 2.80 bits per heavy atom. The average Bonchev–Trinajstić information content (AvgIpc) is 3.47. The number of benzene rings is 1. The Balaban J connectivity index is 1.39. The minimum absolute atomic E-state index is 0.163. The number of rotatable bonds is 7. The maximum atomic E-state index is 12.6. The second-order valence-corrected chi connectivity index (χ2v) is 8.62. The number of thiophene rings is 1. The predicted molar refractivity (Wildman–Crippen MR) is 122 cm³/mol. The number of aryl methyl sites for hydroxylation is 3. The van der Waals surface area contributed by atoms with Crippen LogP contribution in [0.3, 0.4) is 0 Å². The normalized spacial score (nSPS) is 10.9. The largest absolute Gasteiger partial charge is 0.489 e. The first-order valence-electron chi connectivity index (χ1n) is 9.60. The van der Waals surface area contributed by atoms with Gasteiger partial charge in [-0.3, -0.25) is 14.8 Å². The van der Waals surface area contributed by atoms with Crippen LogP contribution in [0, 0.1) is 13.8 Å². The van der Waals surface area contributed by atoms with Crippen molar-refractivity contribution >= 4 is 33.7 Å². The molecular formula is C22H22N4O2S2. The molecule has 4 aromatic rings. The van der Waals surface area contributed by atoms with E-state index in [0.29, 0.717) is 16.6 Å². The maximum Gasteiger partial charge on any atom is 0.267 e. The van der Waals surface area contributed by atoms with E-state index in [-0.39, 0.29) is 5.91 Å². The van der Waals surface area contributed by atoms with Crippen molar-refractivity contribution in [2.75, 3.05) is 5.32 Å². The zero-order chi connectivity index (χ0) is 21.1. The third-order valence-corrected chi connectivity index (χ3v) is 6.37. The third kappa shape index (κ3) is 4.44.